The first-order chi connectivity index (χ1) is 10.3. The van der Waals surface area contributed by atoms with Crippen molar-refractivity contribution in [1.29, 1.82) is 0 Å². The van der Waals surface area contributed by atoms with Crippen LogP contribution in [-0.4, -0.2) is 16.5 Å². The van der Waals surface area contributed by atoms with Crippen LogP contribution in [0, 0.1) is 0 Å². The molecule has 4 nitrogen and oxygen atoms in total. The van der Waals surface area contributed by atoms with Gasteiger partial charge in [-0.25, -0.2) is 4.98 Å². The fraction of sp³-hybridized carbons (Fsp3) is 0.412. The molecule has 108 valence electrons. The Hall–Kier alpha value is -1.94. The van der Waals surface area contributed by atoms with E-state index in [0.29, 0.717) is 5.92 Å². The topological polar surface area (TPSA) is 57.8 Å². The lowest BCUT2D eigenvalue weighted by molar-refractivity contribution is 0.537. The monoisotopic (exact) mass is 281 g/mol. The average molecular weight is 281 g/mol. The third kappa shape index (κ3) is 2.29. The summed E-state index contributed by atoms with van der Waals surface area (Å²) in [7, 11) is 0. The quantitative estimate of drug-likeness (QED) is 0.836. The summed E-state index contributed by atoms with van der Waals surface area (Å²) < 4.78 is 0. The fourth-order valence-corrected chi connectivity index (χ4v) is 3.51. The Morgan fingerprint density at radius 1 is 1.14 bits per heavy atom. The molecule has 0 spiro atoms. The number of rotatable bonds is 1. The number of nitrogens with zero attached hydrogens (tertiary/aromatic N) is 1. The predicted molar refractivity (Wildman–Crippen MR) is 81.5 cm³/mol. The van der Waals surface area contributed by atoms with Gasteiger partial charge in [-0.15, -0.1) is 0 Å². The van der Waals surface area contributed by atoms with Crippen molar-refractivity contribution in [1.82, 2.24) is 15.3 Å². The molecule has 1 aromatic heterocycles. The number of hydrogen-bond acceptors (Lipinski definition) is 3. The van der Waals surface area contributed by atoms with E-state index in [4.69, 9.17) is 4.98 Å². The van der Waals surface area contributed by atoms with Crippen molar-refractivity contribution >= 4 is 0 Å². The first-order valence-electron chi connectivity index (χ1n) is 7.71. The lowest BCUT2D eigenvalue weighted by atomic mass is 9.83. The highest BCUT2D eigenvalue weighted by molar-refractivity contribution is 5.32. The Kier molecular flexibility index (Phi) is 3.11. The van der Waals surface area contributed by atoms with Gasteiger partial charge in [-0.3, -0.25) is 4.79 Å². The Bertz CT molecular complexity index is 735. The molecule has 0 bridgehead atoms. The Balaban J connectivity index is 1.69. The van der Waals surface area contributed by atoms with Crippen LogP contribution in [0.3, 0.4) is 0 Å². The Morgan fingerprint density at radius 3 is 2.90 bits per heavy atom. The molecule has 1 aliphatic carbocycles. The molecule has 2 N–H and O–H groups in total. The molecule has 0 saturated heterocycles. The number of fused-ring (bicyclic) bond motifs is 2. The van der Waals surface area contributed by atoms with E-state index in [1.54, 1.807) is 0 Å². The van der Waals surface area contributed by atoms with Crippen molar-refractivity contribution in [2.75, 3.05) is 6.54 Å². The van der Waals surface area contributed by atoms with Crippen LogP contribution in [0.1, 0.15) is 40.5 Å². The molecule has 1 unspecified atom stereocenters. The van der Waals surface area contributed by atoms with E-state index < -0.39 is 0 Å². The van der Waals surface area contributed by atoms with E-state index in [2.05, 4.69) is 34.6 Å². The summed E-state index contributed by atoms with van der Waals surface area (Å²) in [5.74, 6) is 1.21. The van der Waals surface area contributed by atoms with E-state index >= 15 is 0 Å². The summed E-state index contributed by atoms with van der Waals surface area (Å²) in [5.41, 5.74) is 4.71. The van der Waals surface area contributed by atoms with Crippen LogP contribution in [0.4, 0.5) is 0 Å². The smallest absolute Gasteiger partial charge is 0.254 e. The summed E-state index contributed by atoms with van der Waals surface area (Å²) in [4.78, 5) is 20.0. The molecule has 4 rings (SSSR count). The summed E-state index contributed by atoms with van der Waals surface area (Å²) in [6.07, 6.45) is 3.89. The minimum atomic E-state index is 0.0651. The van der Waals surface area contributed by atoms with Crippen molar-refractivity contribution in [3.63, 3.8) is 0 Å². The van der Waals surface area contributed by atoms with Crippen molar-refractivity contribution in [2.45, 2.75) is 38.1 Å². The van der Waals surface area contributed by atoms with Crippen LogP contribution >= 0.6 is 0 Å². The van der Waals surface area contributed by atoms with E-state index in [9.17, 15) is 4.79 Å². The van der Waals surface area contributed by atoms with Crippen LogP contribution in [-0.2, 0) is 25.8 Å². The van der Waals surface area contributed by atoms with Gasteiger partial charge in [0.1, 0.15) is 5.82 Å². The van der Waals surface area contributed by atoms with E-state index in [0.717, 1.165) is 55.9 Å². The first kappa shape index (κ1) is 12.8. The molecular formula is C17H19N3O. The summed E-state index contributed by atoms with van der Waals surface area (Å²) in [6.45, 7) is 1.59. The molecular weight excluding hydrogens is 262 g/mol. The van der Waals surface area contributed by atoms with Gasteiger partial charge in [0.25, 0.3) is 5.56 Å². The van der Waals surface area contributed by atoms with Crippen molar-refractivity contribution in [3.05, 3.63) is 62.8 Å². The van der Waals surface area contributed by atoms with Gasteiger partial charge in [-0.05, 0) is 43.4 Å². The van der Waals surface area contributed by atoms with Gasteiger partial charge >= 0.3 is 0 Å². The SMILES string of the molecule is O=c1[nH]c(C2CCc3ccccc3C2)nc2c1CCNC2. The third-order valence-corrected chi connectivity index (χ3v) is 4.70. The number of aryl methyl sites for hydroxylation is 1. The molecule has 0 saturated carbocycles. The largest absolute Gasteiger partial charge is 0.311 e. The maximum absolute atomic E-state index is 12.2. The van der Waals surface area contributed by atoms with E-state index in [1.165, 1.54) is 11.1 Å². The molecule has 2 aliphatic rings. The van der Waals surface area contributed by atoms with Crippen LogP contribution in [0.15, 0.2) is 29.1 Å². The number of nitrogens with one attached hydrogen (secondary N) is 2. The van der Waals surface area contributed by atoms with Crippen LogP contribution < -0.4 is 10.9 Å². The van der Waals surface area contributed by atoms with Gasteiger partial charge in [0, 0.05) is 18.0 Å². The van der Waals surface area contributed by atoms with Gasteiger partial charge in [0.15, 0.2) is 0 Å². The summed E-state index contributed by atoms with van der Waals surface area (Å²) >= 11 is 0. The van der Waals surface area contributed by atoms with Gasteiger partial charge in [0.2, 0.25) is 0 Å². The number of aromatic nitrogens is 2. The zero-order valence-electron chi connectivity index (χ0n) is 12.0. The maximum atomic E-state index is 12.2. The third-order valence-electron chi connectivity index (χ3n) is 4.70. The minimum Gasteiger partial charge on any atom is -0.311 e. The highest BCUT2D eigenvalue weighted by Crippen LogP contribution is 2.30. The van der Waals surface area contributed by atoms with E-state index in [1.807, 2.05) is 0 Å². The summed E-state index contributed by atoms with van der Waals surface area (Å²) in [5, 5.41) is 3.30. The number of hydrogen-bond donors (Lipinski definition) is 2. The summed E-state index contributed by atoms with van der Waals surface area (Å²) in [6, 6.07) is 8.59. The van der Waals surface area contributed by atoms with Crippen LogP contribution in [0.25, 0.3) is 0 Å². The zero-order chi connectivity index (χ0) is 14.2. The lowest BCUT2D eigenvalue weighted by Gasteiger charge is -2.25. The number of H-pyrrole nitrogens is 1. The average Bonchev–Trinajstić information content (AvgIpc) is 2.54. The Morgan fingerprint density at radius 2 is 2.00 bits per heavy atom. The van der Waals surface area contributed by atoms with Crippen molar-refractivity contribution in [3.8, 4) is 0 Å². The number of benzene rings is 1. The fourth-order valence-electron chi connectivity index (χ4n) is 3.51. The molecule has 1 aromatic carbocycles. The number of aromatic amines is 1. The molecule has 1 atom stereocenters. The normalized spacial score (nSPS) is 20.7. The molecule has 1 aliphatic heterocycles. The highest BCUT2D eigenvalue weighted by Gasteiger charge is 2.24. The zero-order valence-corrected chi connectivity index (χ0v) is 12.0. The van der Waals surface area contributed by atoms with Crippen molar-refractivity contribution in [2.24, 2.45) is 0 Å². The molecule has 4 heteroatoms. The second-order valence-corrected chi connectivity index (χ2v) is 6.01. The second kappa shape index (κ2) is 5.11. The molecule has 0 amide bonds. The highest BCUT2D eigenvalue weighted by atomic mass is 16.1. The lowest BCUT2D eigenvalue weighted by Crippen LogP contribution is -2.32. The second-order valence-electron chi connectivity index (χ2n) is 6.01. The molecule has 0 radical (unpaired) electrons. The van der Waals surface area contributed by atoms with Crippen molar-refractivity contribution < 1.29 is 0 Å². The first-order valence-corrected chi connectivity index (χ1v) is 7.71. The van der Waals surface area contributed by atoms with E-state index in [-0.39, 0.29) is 5.56 Å². The molecule has 2 heterocycles. The van der Waals surface area contributed by atoms with Crippen LogP contribution in [0.2, 0.25) is 0 Å². The molecule has 2 aromatic rings. The van der Waals surface area contributed by atoms with Crippen LogP contribution in [0.5, 0.6) is 0 Å². The van der Waals surface area contributed by atoms with Gasteiger partial charge in [0.05, 0.1) is 5.69 Å². The molecule has 0 fully saturated rings. The van der Waals surface area contributed by atoms with Gasteiger partial charge in [-0.2, -0.15) is 0 Å². The molecule has 21 heavy (non-hydrogen) atoms. The minimum absolute atomic E-state index is 0.0651. The van der Waals surface area contributed by atoms with Gasteiger partial charge < -0.3 is 10.3 Å². The standard InChI is InChI=1S/C17H19N3O/c21-17-14-7-8-18-10-15(14)19-16(20-17)13-6-5-11-3-1-2-4-12(11)9-13/h1-4,13,18H,5-10H2,(H,19,20,21). The van der Waals surface area contributed by atoms with Gasteiger partial charge in [-0.1, -0.05) is 24.3 Å². The maximum Gasteiger partial charge on any atom is 0.254 e. The Labute approximate surface area is 123 Å². The predicted octanol–water partition coefficient (Wildman–Crippen LogP) is 1.69.